The molecule has 98 valence electrons. The van der Waals surface area contributed by atoms with Crippen molar-refractivity contribution in [2.45, 2.75) is 26.2 Å². The molecule has 0 N–H and O–H groups in total. The Kier molecular flexibility index (Phi) is 3.43. The maximum atomic E-state index is 6.14. The molecule has 2 aromatic rings. The van der Waals surface area contributed by atoms with Crippen molar-refractivity contribution >= 4 is 11.6 Å². The lowest BCUT2D eigenvalue weighted by molar-refractivity contribution is 0.479. The maximum absolute atomic E-state index is 6.14. The molecule has 0 spiro atoms. The largest absolute Gasteiger partial charge is 0.454 e. The molecule has 1 aliphatic carbocycles. The molecule has 0 saturated heterocycles. The molecule has 19 heavy (non-hydrogen) atoms. The second-order valence-corrected chi connectivity index (χ2v) is 5.58. The van der Waals surface area contributed by atoms with Crippen LogP contribution in [0.5, 0.6) is 11.5 Å². The van der Waals surface area contributed by atoms with Crippen molar-refractivity contribution in [3.8, 4) is 11.5 Å². The molecule has 1 saturated carbocycles. The average molecular weight is 274 g/mol. The minimum Gasteiger partial charge on any atom is -0.454 e. The van der Waals surface area contributed by atoms with Crippen LogP contribution in [0.1, 0.15) is 24.1 Å². The number of benzene rings is 1. The molecule has 0 bridgehead atoms. The van der Waals surface area contributed by atoms with E-state index in [-0.39, 0.29) is 0 Å². The molecular formula is C16H16ClNO. The summed E-state index contributed by atoms with van der Waals surface area (Å²) in [5.41, 5.74) is 2.26. The SMILES string of the molecule is Cc1ccc(Oc2ccc(CC3CC3)nc2)c(Cl)c1. The number of pyridine rings is 1. The molecule has 1 fully saturated rings. The average Bonchev–Trinajstić information content (AvgIpc) is 3.19. The first-order valence-electron chi connectivity index (χ1n) is 6.59. The predicted octanol–water partition coefficient (Wildman–Crippen LogP) is 4.79. The lowest BCUT2D eigenvalue weighted by Crippen LogP contribution is -1.92. The lowest BCUT2D eigenvalue weighted by atomic mass is 10.2. The van der Waals surface area contributed by atoms with Crippen LogP contribution in [-0.4, -0.2) is 4.98 Å². The number of hydrogen-bond donors (Lipinski definition) is 0. The minimum absolute atomic E-state index is 0.627. The molecule has 1 aliphatic rings. The van der Waals surface area contributed by atoms with Crippen LogP contribution in [0.3, 0.4) is 0 Å². The smallest absolute Gasteiger partial charge is 0.146 e. The summed E-state index contributed by atoms with van der Waals surface area (Å²) in [6.07, 6.45) is 5.55. The Morgan fingerprint density at radius 2 is 2.11 bits per heavy atom. The van der Waals surface area contributed by atoms with E-state index >= 15 is 0 Å². The van der Waals surface area contributed by atoms with Crippen LogP contribution < -0.4 is 4.74 Å². The first kappa shape index (κ1) is 12.5. The van der Waals surface area contributed by atoms with E-state index in [2.05, 4.69) is 4.98 Å². The molecule has 3 heteroatoms. The quantitative estimate of drug-likeness (QED) is 0.799. The van der Waals surface area contributed by atoms with Gasteiger partial charge in [0.2, 0.25) is 0 Å². The van der Waals surface area contributed by atoms with E-state index in [0.717, 1.165) is 29.3 Å². The summed E-state index contributed by atoms with van der Waals surface area (Å²) in [4.78, 5) is 4.43. The zero-order valence-electron chi connectivity index (χ0n) is 10.9. The van der Waals surface area contributed by atoms with Gasteiger partial charge in [-0.25, -0.2) is 0 Å². The van der Waals surface area contributed by atoms with Gasteiger partial charge in [0.15, 0.2) is 0 Å². The van der Waals surface area contributed by atoms with Crippen molar-refractivity contribution in [2.24, 2.45) is 5.92 Å². The third-order valence-corrected chi connectivity index (χ3v) is 3.60. The number of hydrogen-bond acceptors (Lipinski definition) is 2. The molecule has 1 aromatic carbocycles. The van der Waals surface area contributed by atoms with Crippen LogP contribution in [-0.2, 0) is 6.42 Å². The number of nitrogens with zero attached hydrogens (tertiary/aromatic N) is 1. The molecule has 0 radical (unpaired) electrons. The van der Waals surface area contributed by atoms with Crippen LogP contribution >= 0.6 is 11.6 Å². The van der Waals surface area contributed by atoms with Crippen LogP contribution in [0.4, 0.5) is 0 Å². The van der Waals surface area contributed by atoms with Crippen LogP contribution in [0.2, 0.25) is 5.02 Å². The van der Waals surface area contributed by atoms with E-state index in [0.29, 0.717) is 10.8 Å². The Labute approximate surface area is 118 Å². The highest BCUT2D eigenvalue weighted by molar-refractivity contribution is 6.32. The van der Waals surface area contributed by atoms with Crippen molar-refractivity contribution in [3.63, 3.8) is 0 Å². The van der Waals surface area contributed by atoms with Crippen LogP contribution in [0.25, 0.3) is 0 Å². The normalized spacial score (nSPS) is 14.4. The topological polar surface area (TPSA) is 22.1 Å². The fourth-order valence-corrected chi connectivity index (χ4v) is 2.30. The molecular weight excluding hydrogens is 258 g/mol. The third-order valence-electron chi connectivity index (χ3n) is 3.31. The predicted molar refractivity (Wildman–Crippen MR) is 76.9 cm³/mol. The summed E-state index contributed by atoms with van der Waals surface area (Å²) in [6.45, 7) is 2.00. The highest BCUT2D eigenvalue weighted by atomic mass is 35.5. The van der Waals surface area contributed by atoms with Crippen molar-refractivity contribution in [3.05, 3.63) is 52.8 Å². The highest BCUT2D eigenvalue weighted by Gasteiger charge is 2.21. The van der Waals surface area contributed by atoms with Crippen molar-refractivity contribution < 1.29 is 4.74 Å². The summed E-state index contributed by atoms with van der Waals surface area (Å²) in [5, 5.41) is 0.627. The van der Waals surface area contributed by atoms with Gasteiger partial charge in [0.25, 0.3) is 0 Å². The Morgan fingerprint density at radius 1 is 1.26 bits per heavy atom. The first-order valence-corrected chi connectivity index (χ1v) is 6.97. The second kappa shape index (κ2) is 5.22. The molecule has 0 unspecified atom stereocenters. The fraction of sp³-hybridized carbons (Fsp3) is 0.312. The first-order chi connectivity index (χ1) is 9.20. The van der Waals surface area contributed by atoms with Gasteiger partial charge < -0.3 is 4.74 Å². The fourth-order valence-electron chi connectivity index (χ4n) is 2.03. The van der Waals surface area contributed by atoms with E-state index in [4.69, 9.17) is 16.3 Å². The van der Waals surface area contributed by atoms with Crippen molar-refractivity contribution in [1.29, 1.82) is 0 Å². The van der Waals surface area contributed by atoms with Gasteiger partial charge in [-0.05, 0) is 61.9 Å². The van der Waals surface area contributed by atoms with E-state index in [1.165, 1.54) is 12.8 Å². The maximum Gasteiger partial charge on any atom is 0.146 e. The van der Waals surface area contributed by atoms with Gasteiger partial charge in [0, 0.05) is 5.69 Å². The number of aromatic nitrogens is 1. The molecule has 2 nitrogen and oxygen atoms in total. The summed E-state index contributed by atoms with van der Waals surface area (Å²) >= 11 is 6.14. The molecule has 0 amide bonds. The standard InChI is InChI=1S/C16H16ClNO/c1-11-2-7-16(15(17)8-11)19-14-6-5-13(18-10-14)9-12-3-4-12/h2,5-8,10,12H,3-4,9H2,1H3. The van der Waals surface area contributed by atoms with Crippen LogP contribution in [0.15, 0.2) is 36.5 Å². The van der Waals surface area contributed by atoms with E-state index < -0.39 is 0 Å². The molecule has 1 heterocycles. The second-order valence-electron chi connectivity index (χ2n) is 5.17. The monoisotopic (exact) mass is 273 g/mol. The highest BCUT2D eigenvalue weighted by Crippen LogP contribution is 2.33. The molecule has 3 rings (SSSR count). The number of aryl methyl sites for hydroxylation is 1. The Morgan fingerprint density at radius 3 is 2.74 bits per heavy atom. The zero-order chi connectivity index (χ0) is 13.2. The lowest BCUT2D eigenvalue weighted by Gasteiger charge is -2.08. The minimum atomic E-state index is 0.627. The summed E-state index contributed by atoms with van der Waals surface area (Å²) in [6, 6.07) is 9.76. The van der Waals surface area contributed by atoms with Crippen molar-refractivity contribution in [1.82, 2.24) is 4.98 Å². The Bertz CT molecular complexity index is 576. The summed E-state index contributed by atoms with van der Waals surface area (Å²) in [7, 11) is 0. The number of halogens is 1. The Hall–Kier alpha value is -1.54. The van der Waals surface area contributed by atoms with Gasteiger partial charge in [-0.2, -0.15) is 0 Å². The van der Waals surface area contributed by atoms with Gasteiger partial charge in [0.05, 0.1) is 11.2 Å². The van der Waals surface area contributed by atoms with E-state index in [1.54, 1.807) is 6.20 Å². The summed E-state index contributed by atoms with van der Waals surface area (Å²) in [5.74, 6) is 2.25. The molecule has 1 aromatic heterocycles. The van der Waals surface area contributed by atoms with Gasteiger partial charge in [-0.1, -0.05) is 17.7 Å². The number of ether oxygens (including phenoxy) is 1. The number of rotatable bonds is 4. The van der Waals surface area contributed by atoms with Crippen molar-refractivity contribution in [2.75, 3.05) is 0 Å². The summed E-state index contributed by atoms with van der Waals surface area (Å²) < 4.78 is 5.75. The molecule has 0 aliphatic heterocycles. The Balaban J connectivity index is 1.71. The van der Waals surface area contributed by atoms with Gasteiger partial charge in [-0.3, -0.25) is 4.98 Å². The van der Waals surface area contributed by atoms with Gasteiger partial charge in [-0.15, -0.1) is 0 Å². The van der Waals surface area contributed by atoms with E-state index in [9.17, 15) is 0 Å². The van der Waals surface area contributed by atoms with Crippen LogP contribution in [0, 0.1) is 12.8 Å². The van der Waals surface area contributed by atoms with E-state index in [1.807, 2.05) is 37.3 Å². The van der Waals surface area contributed by atoms with Gasteiger partial charge in [0.1, 0.15) is 11.5 Å². The zero-order valence-corrected chi connectivity index (χ0v) is 11.7. The third kappa shape index (κ3) is 3.27. The van der Waals surface area contributed by atoms with Gasteiger partial charge >= 0.3 is 0 Å². The molecule has 0 atom stereocenters.